The molecule has 1 N–H and O–H groups in total. The summed E-state index contributed by atoms with van der Waals surface area (Å²) < 4.78 is 6.24. The quantitative estimate of drug-likeness (QED) is 0.488. The molecule has 0 bridgehead atoms. The minimum absolute atomic E-state index is 0.0403. The lowest BCUT2D eigenvalue weighted by molar-refractivity contribution is 0.0953. The minimum Gasteiger partial charge on any atom is -0.488 e. The van der Waals surface area contributed by atoms with E-state index >= 15 is 0 Å². The third-order valence-electron chi connectivity index (χ3n) is 3.12. The lowest BCUT2D eigenvalue weighted by Gasteiger charge is -2.09. The second kappa shape index (κ2) is 10.4. The van der Waals surface area contributed by atoms with Crippen molar-refractivity contribution in [3.05, 3.63) is 40.9 Å². The summed E-state index contributed by atoms with van der Waals surface area (Å²) in [5.74, 6) is 0.674. The SMILES string of the molecule is C=CCOc1ccc(C(=O)NCCCCCCC)cc1Br. The highest BCUT2D eigenvalue weighted by Crippen LogP contribution is 2.26. The fraction of sp³-hybridized carbons (Fsp3) is 0.471. The smallest absolute Gasteiger partial charge is 0.251 e. The largest absolute Gasteiger partial charge is 0.488 e. The zero-order valence-electron chi connectivity index (χ0n) is 12.7. The number of rotatable bonds is 10. The van der Waals surface area contributed by atoms with Gasteiger partial charge in [0.25, 0.3) is 5.91 Å². The van der Waals surface area contributed by atoms with E-state index in [9.17, 15) is 4.79 Å². The van der Waals surface area contributed by atoms with Gasteiger partial charge in [0.15, 0.2) is 0 Å². The van der Waals surface area contributed by atoms with Crippen LogP contribution in [0.2, 0.25) is 0 Å². The Morgan fingerprint density at radius 1 is 1.33 bits per heavy atom. The van der Waals surface area contributed by atoms with Crippen molar-refractivity contribution in [2.24, 2.45) is 0 Å². The second-order valence-corrected chi connectivity index (χ2v) is 5.77. The van der Waals surface area contributed by atoms with Crippen LogP contribution in [-0.4, -0.2) is 19.1 Å². The number of carbonyl (C=O) groups is 1. The van der Waals surface area contributed by atoms with Gasteiger partial charge >= 0.3 is 0 Å². The van der Waals surface area contributed by atoms with E-state index in [0.29, 0.717) is 17.9 Å². The van der Waals surface area contributed by atoms with E-state index in [1.807, 2.05) is 0 Å². The Hall–Kier alpha value is -1.29. The van der Waals surface area contributed by atoms with Crippen LogP contribution in [0.25, 0.3) is 0 Å². The maximum atomic E-state index is 12.0. The van der Waals surface area contributed by atoms with Crippen molar-refractivity contribution < 1.29 is 9.53 Å². The Bertz CT molecular complexity index is 460. The van der Waals surface area contributed by atoms with Gasteiger partial charge in [-0.25, -0.2) is 0 Å². The van der Waals surface area contributed by atoms with Gasteiger partial charge < -0.3 is 10.1 Å². The zero-order chi connectivity index (χ0) is 15.5. The van der Waals surface area contributed by atoms with E-state index in [1.54, 1.807) is 24.3 Å². The molecule has 1 amide bonds. The van der Waals surface area contributed by atoms with Crippen LogP contribution in [0.5, 0.6) is 5.75 Å². The molecule has 0 aromatic heterocycles. The zero-order valence-corrected chi connectivity index (χ0v) is 14.2. The van der Waals surface area contributed by atoms with Crippen LogP contribution in [0.4, 0.5) is 0 Å². The Morgan fingerprint density at radius 3 is 2.76 bits per heavy atom. The molecule has 1 aromatic rings. The Labute approximate surface area is 135 Å². The van der Waals surface area contributed by atoms with Crippen molar-refractivity contribution in [3.8, 4) is 5.75 Å². The van der Waals surface area contributed by atoms with Gasteiger partial charge in [-0.15, -0.1) is 0 Å². The van der Waals surface area contributed by atoms with E-state index in [0.717, 1.165) is 17.4 Å². The number of hydrogen-bond acceptors (Lipinski definition) is 2. The van der Waals surface area contributed by atoms with Crippen molar-refractivity contribution in [2.75, 3.05) is 13.2 Å². The molecular formula is C17H24BrNO2. The van der Waals surface area contributed by atoms with Gasteiger partial charge in [0.05, 0.1) is 4.47 Å². The number of hydrogen-bond donors (Lipinski definition) is 1. The predicted octanol–water partition coefficient (Wildman–Crippen LogP) is 4.71. The molecule has 0 aliphatic rings. The van der Waals surface area contributed by atoms with Crippen LogP contribution in [0.3, 0.4) is 0 Å². The average molecular weight is 354 g/mol. The highest BCUT2D eigenvalue weighted by Gasteiger charge is 2.08. The highest BCUT2D eigenvalue weighted by atomic mass is 79.9. The Balaban J connectivity index is 2.40. The number of ether oxygens (including phenoxy) is 1. The number of unbranched alkanes of at least 4 members (excludes halogenated alkanes) is 4. The summed E-state index contributed by atoms with van der Waals surface area (Å²) in [6, 6.07) is 5.35. The summed E-state index contributed by atoms with van der Waals surface area (Å²) in [5.41, 5.74) is 0.640. The Morgan fingerprint density at radius 2 is 2.10 bits per heavy atom. The maximum absolute atomic E-state index is 12.0. The number of halogens is 1. The first-order chi connectivity index (χ1) is 10.2. The van der Waals surface area contributed by atoms with Crippen LogP contribution in [0.15, 0.2) is 35.3 Å². The molecule has 21 heavy (non-hydrogen) atoms. The van der Waals surface area contributed by atoms with Crippen LogP contribution in [0.1, 0.15) is 49.4 Å². The molecule has 0 unspecified atom stereocenters. The monoisotopic (exact) mass is 353 g/mol. The number of nitrogens with one attached hydrogen (secondary N) is 1. The van der Waals surface area contributed by atoms with E-state index in [4.69, 9.17) is 4.74 Å². The molecule has 4 heteroatoms. The van der Waals surface area contributed by atoms with Crippen molar-refractivity contribution in [3.63, 3.8) is 0 Å². The molecule has 0 aliphatic carbocycles. The van der Waals surface area contributed by atoms with Crippen molar-refractivity contribution in [1.29, 1.82) is 0 Å². The molecule has 0 saturated carbocycles. The number of benzene rings is 1. The summed E-state index contributed by atoms with van der Waals surface area (Å²) >= 11 is 3.42. The summed E-state index contributed by atoms with van der Waals surface area (Å²) in [6.07, 6.45) is 7.65. The molecule has 116 valence electrons. The van der Waals surface area contributed by atoms with Gasteiger partial charge in [-0.1, -0.05) is 45.3 Å². The summed E-state index contributed by atoms with van der Waals surface area (Å²) in [5, 5.41) is 2.95. The standard InChI is InChI=1S/C17H24BrNO2/c1-3-5-6-7-8-11-19-17(20)14-9-10-16(15(18)13-14)21-12-4-2/h4,9-10,13H,2-3,5-8,11-12H2,1H3,(H,19,20). The summed E-state index contributed by atoms with van der Waals surface area (Å²) in [6.45, 7) is 6.98. The Kier molecular flexibility index (Phi) is 8.83. The van der Waals surface area contributed by atoms with Crippen molar-refractivity contribution in [1.82, 2.24) is 5.32 Å². The summed E-state index contributed by atoms with van der Waals surface area (Å²) in [7, 11) is 0. The van der Waals surface area contributed by atoms with E-state index in [-0.39, 0.29) is 5.91 Å². The molecule has 0 aliphatic heterocycles. The van der Waals surface area contributed by atoms with Crippen molar-refractivity contribution in [2.45, 2.75) is 39.0 Å². The normalized spacial score (nSPS) is 10.2. The fourth-order valence-corrected chi connectivity index (χ4v) is 2.43. The van der Waals surface area contributed by atoms with Crippen molar-refractivity contribution >= 4 is 21.8 Å². The topological polar surface area (TPSA) is 38.3 Å². The lowest BCUT2D eigenvalue weighted by atomic mass is 10.1. The first kappa shape index (κ1) is 17.8. The van der Waals surface area contributed by atoms with Crippen LogP contribution in [-0.2, 0) is 0 Å². The molecule has 1 rings (SSSR count). The number of carbonyl (C=O) groups excluding carboxylic acids is 1. The third-order valence-corrected chi connectivity index (χ3v) is 3.74. The second-order valence-electron chi connectivity index (χ2n) is 4.91. The minimum atomic E-state index is -0.0403. The molecule has 0 radical (unpaired) electrons. The third kappa shape index (κ3) is 6.80. The van der Waals surface area contributed by atoms with E-state index in [2.05, 4.69) is 34.7 Å². The highest BCUT2D eigenvalue weighted by molar-refractivity contribution is 9.10. The predicted molar refractivity (Wildman–Crippen MR) is 90.9 cm³/mol. The van der Waals surface area contributed by atoms with Gasteiger partial charge in [0.1, 0.15) is 12.4 Å². The average Bonchev–Trinajstić information content (AvgIpc) is 2.49. The van der Waals surface area contributed by atoms with Gasteiger partial charge in [-0.2, -0.15) is 0 Å². The first-order valence-corrected chi connectivity index (χ1v) is 8.29. The van der Waals surface area contributed by atoms with Gasteiger partial charge in [-0.05, 0) is 40.5 Å². The molecule has 1 aromatic carbocycles. The molecule has 3 nitrogen and oxygen atoms in total. The van der Waals surface area contributed by atoms with Crippen LogP contribution < -0.4 is 10.1 Å². The van der Waals surface area contributed by atoms with E-state index in [1.165, 1.54) is 25.7 Å². The van der Waals surface area contributed by atoms with Crippen LogP contribution in [0, 0.1) is 0 Å². The van der Waals surface area contributed by atoms with Gasteiger partial charge in [0, 0.05) is 12.1 Å². The van der Waals surface area contributed by atoms with Crippen LogP contribution >= 0.6 is 15.9 Å². The fourth-order valence-electron chi connectivity index (χ4n) is 1.94. The molecular weight excluding hydrogens is 330 g/mol. The maximum Gasteiger partial charge on any atom is 0.251 e. The number of amides is 1. The first-order valence-electron chi connectivity index (χ1n) is 7.50. The molecule has 0 fully saturated rings. The van der Waals surface area contributed by atoms with E-state index < -0.39 is 0 Å². The molecule has 0 saturated heterocycles. The molecule has 0 heterocycles. The summed E-state index contributed by atoms with van der Waals surface area (Å²) in [4.78, 5) is 12.0. The van der Waals surface area contributed by atoms with Gasteiger partial charge in [-0.3, -0.25) is 4.79 Å². The van der Waals surface area contributed by atoms with Gasteiger partial charge in [0.2, 0.25) is 0 Å². The lowest BCUT2D eigenvalue weighted by Crippen LogP contribution is -2.24. The molecule has 0 spiro atoms. The molecule has 0 atom stereocenters.